The minimum atomic E-state index is -3.63. The Kier molecular flexibility index (Phi) is 5.10. The van der Waals surface area contributed by atoms with Crippen LogP contribution >= 0.6 is 11.3 Å². The van der Waals surface area contributed by atoms with Crippen molar-refractivity contribution in [1.82, 2.24) is 4.31 Å². The molecule has 2 N–H and O–H groups in total. The van der Waals surface area contributed by atoms with Gasteiger partial charge in [-0.05, 0) is 54.1 Å². The van der Waals surface area contributed by atoms with Crippen molar-refractivity contribution in [2.24, 2.45) is 5.73 Å². The molecule has 4 rings (SSSR count). The second kappa shape index (κ2) is 7.44. The molecule has 8 heteroatoms. The summed E-state index contributed by atoms with van der Waals surface area (Å²) < 4.78 is 34.1. The third-order valence-corrected chi connectivity index (χ3v) is 8.48. The minimum absolute atomic E-state index is 0.0669. The number of amides is 1. The molecule has 1 aliphatic rings. The van der Waals surface area contributed by atoms with Crippen LogP contribution in [-0.4, -0.2) is 38.8 Å². The highest BCUT2D eigenvalue weighted by atomic mass is 32.2. The molecule has 1 fully saturated rings. The van der Waals surface area contributed by atoms with E-state index in [1.165, 1.54) is 15.6 Å². The Labute approximate surface area is 173 Å². The highest BCUT2D eigenvalue weighted by molar-refractivity contribution is 7.89. The molecular formula is C21H22N2O4S2. The van der Waals surface area contributed by atoms with Crippen LogP contribution in [0.5, 0.6) is 5.75 Å². The summed E-state index contributed by atoms with van der Waals surface area (Å²) in [5.41, 5.74) is 7.27. The lowest BCUT2D eigenvalue weighted by atomic mass is 9.95. The molecule has 2 heterocycles. The van der Waals surface area contributed by atoms with Crippen LogP contribution in [0, 0.1) is 6.92 Å². The van der Waals surface area contributed by atoms with E-state index in [2.05, 4.69) is 0 Å². The number of ether oxygens (including phenoxy) is 1. The molecule has 0 spiro atoms. The molecule has 29 heavy (non-hydrogen) atoms. The second-order valence-corrected chi connectivity index (χ2v) is 10.2. The van der Waals surface area contributed by atoms with Crippen molar-refractivity contribution < 1.29 is 17.9 Å². The average molecular weight is 431 g/mol. The van der Waals surface area contributed by atoms with Crippen LogP contribution < -0.4 is 10.5 Å². The zero-order valence-electron chi connectivity index (χ0n) is 16.2. The van der Waals surface area contributed by atoms with Crippen molar-refractivity contribution in [3.05, 3.63) is 58.5 Å². The second-order valence-electron chi connectivity index (χ2n) is 7.19. The van der Waals surface area contributed by atoms with Gasteiger partial charge in [0.1, 0.15) is 5.75 Å². The van der Waals surface area contributed by atoms with E-state index in [1.54, 1.807) is 25.3 Å². The molecule has 1 aromatic heterocycles. The Morgan fingerprint density at radius 1 is 1.24 bits per heavy atom. The monoisotopic (exact) mass is 430 g/mol. The van der Waals surface area contributed by atoms with E-state index in [0.29, 0.717) is 30.1 Å². The zero-order chi connectivity index (χ0) is 20.8. The van der Waals surface area contributed by atoms with Crippen LogP contribution in [0.2, 0.25) is 0 Å². The Morgan fingerprint density at radius 2 is 2.00 bits per heavy atom. The number of sulfonamides is 1. The standard InChI is InChI=1S/C21H22N2O4S2/c1-13-11-15(7-8-17(13)27-2)29(25,26)23-10-9-14(12-23)19-16-5-3-4-6-18(16)28-20(19)21(22)24/h3-8,11,14H,9-10,12H2,1-2H3,(H2,22,24)/t14-/m1/s1. The van der Waals surface area contributed by atoms with Gasteiger partial charge in [0.25, 0.3) is 5.91 Å². The van der Waals surface area contributed by atoms with Crippen LogP contribution in [0.3, 0.4) is 0 Å². The summed E-state index contributed by atoms with van der Waals surface area (Å²) in [6.07, 6.45) is 0.648. The quantitative estimate of drug-likeness (QED) is 0.671. The number of aryl methyl sites for hydroxylation is 1. The SMILES string of the molecule is COc1ccc(S(=O)(=O)N2CC[C@@H](c3c(C(N)=O)sc4ccccc34)C2)cc1C. The van der Waals surface area contributed by atoms with Gasteiger partial charge in [0.05, 0.1) is 16.9 Å². The van der Waals surface area contributed by atoms with Gasteiger partial charge in [-0.15, -0.1) is 11.3 Å². The van der Waals surface area contributed by atoms with Gasteiger partial charge in [0, 0.05) is 23.7 Å². The van der Waals surface area contributed by atoms with Crippen LogP contribution in [0.25, 0.3) is 10.1 Å². The summed E-state index contributed by atoms with van der Waals surface area (Å²) in [6.45, 7) is 2.55. The molecule has 0 bridgehead atoms. The number of carbonyl (C=O) groups is 1. The summed E-state index contributed by atoms with van der Waals surface area (Å²) >= 11 is 1.37. The maximum atomic E-state index is 13.2. The number of fused-ring (bicyclic) bond motifs is 1. The lowest BCUT2D eigenvalue weighted by molar-refractivity contribution is 0.100. The van der Waals surface area contributed by atoms with Crippen LogP contribution in [0.4, 0.5) is 0 Å². The first-order chi connectivity index (χ1) is 13.8. The van der Waals surface area contributed by atoms with Gasteiger partial charge in [0.2, 0.25) is 10.0 Å². The van der Waals surface area contributed by atoms with E-state index in [0.717, 1.165) is 21.2 Å². The Hall–Kier alpha value is -2.42. The number of thiophene rings is 1. The maximum Gasteiger partial charge on any atom is 0.259 e. The van der Waals surface area contributed by atoms with E-state index in [9.17, 15) is 13.2 Å². The molecule has 0 saturated carbocycles. The number of primary amides is 1. The molecule has 152 valence electrons. The lowest BCUT2D eigenvalue weighted by Gasteiger charge is -2.18. The first-order valence-electron chi connectivity index (χ1n) is 9.29. The maximum absolute atomic E-state index is 13.2. The Morgan fingerprint density at radius 3 is 2.69 bits per heavy atom. The molecule has 6 nitrogen and oxygen atoms in total. The largest absolute Gasteiger partial charge is 0.496 e. The molecule has 1 amide bonds. The van der Waals surface area contributed by atoms with Crippen LogP contribution in [-0.2, 0) is 10.0 Å². The molecule has 2 aromatic carbocycles. The fourth-order valence-corrected chi connectivity index (χ4v) is 6.72. The van der Waals surface area contributed by atoms with E-state index in [4.69, 9.17) is 10.5 Å². The van der Waals surface area contributed by atoms with Crippen LogP contribution in [0.15, 0.2) is 47.4 Å². The summed E-state index contributed by atoms with van der Waals surface area (Å²) in [5, 5.41) is 0.982. The third kappa shape index (κ3) is 3.41. The number of nitrogens with two attached hydrogens (primary N) is 1. The summed E-state index contributed by atoms with van der Waals surface area (Å²) in [7, 11) is -2.07. The number of methoxy groups -OCH3 is 1. The first kappa shape index (κ1) is 19.9. The number of carbonyl (C=O) groups excluding carboxylic acids is 1. The number of benzene rings is 2. The smallest absolute Gasteiger partial charge is 0.259 e. The molecule has 1 saturated heterocycles. The molecule has 0 aliphatic carbocycles. The van der Waals surface area contributed by atoms with Crippen molar-refractivity contribution in [3.8, 4) is 5.75 Å². The van der Waals surface area contributed by atoms with Crippen molar-refractivity contribution >= 4 is 37.4 Å². The van der Waals surface area contributed by atoms with Gasteiger partial charge in [-0.3, -0.25) is 4.79 Å². The van der Waals surface area contributed by atoms with E-state index < -0.39 is 15.9 Å². The summed E-state index contributed by atoms with van der Waals surface area (Å²) in [4.78, 5) is 12.8. The average Bonchev–Trinajstić information content (AvgIpc) is 3.32. The van der Waals surface area contributed by atoms with Crippen molar-refractivity contribution in [2.75, 3.05) is 20.2 Å². The molecule has 0 radical (unpaired) electrons. The minimum Gasteiger partial charge on any atom is -0.496 e. The van der Waals surface area contributed by atoms with E-state index in [1.807, 2.05) is 31.2 Å². The Balaban J connectivity index is 1.68. The Bertz CT molecular complexity index is 1200. The fraction of sp³-hybridized carbons (Fsp3) is 0.286. The van der Waals surface area contributed by atoms with Crippen LogP contribution in [0.1, 0.15) is 33.1 Å². The molecule has 3 aromatic rings. The summed E-state index contributed by atoms with van der Waals surface area (Å²) in [6, 6.07) is 12.7. The van der Waals surface area contributed by atoms with E-state index in [-0.39, 0.29) is 10.8 Å². The molecule has 1 atom stereocenters. The number of hydrogen-bond donors (Lipinski definition) is 1. The topological polar surface area (TPSA) is 89.7 Å². The van der Waals surface area contributed by atoms with Crippen molar-refractivity contribution in [1.29, 1.82) is 0 Å². The molecular weight excluding hydrogens is 408 g/mol. The molecule has 1 aliphatic heterocycles. The highest BCUT2D eigenvalue weighted by Crippen LogP contribution is 2.41. The molecule has 0 unspecified atom stereocenters. The number of rotatable bonds is 5. The van der Waals surface area contributed by atoms with Gasteiger partial charge < -0.3 is 10.5 Å². The van der Waals surface area contributed by atoms with Gasteiger partial charge in [-0.2, -0.15) is 4.31 Å². The normalized spacial score (nSPS) is 17.7. The lowest BCUT2D eigenvalue weighted by Crippen LogP contribution is -2.29. The number of hydrogen-bond acceptors (Lipinski definition) is 5. The van der Waals surface area contributed by atoms with Crippen molar-refractivity contribution in [2.45, 2.75) is 24.2 Å². The zero-order valence-corrected chi connectivity index (χ0v) is 17.8. The van der Waals surface area contributed by atoms with Gasteiger partial charge in [-0.25, -0.2) is 8.42 Å². The van der Waals surface area contributed by atoms with Gasteiger partial charge in [0.15, 0.2) is 0 Å². The summed E-state index contributed by atoms with van der Waals surface area (Å²) in [5.74, 6) is 0.121. The highest BCUT2D eigenvalue weighted by Gasteiger charge is 2.36. The first-order valence-corrected chi connectivity index (χ1v) is 11.5. The van der Waals surface area contributed by atoms with Gasteiger partial charge in [-0.1, -0.05) is 18.2 Å². The third-order valence-electron chi connectivity index (χ3n) is 5.42. The van der Waals surface area contributed by atoms with Crippen molar-refractivity contribution in [3.63, 3.8) is 0 Å². The number of nitrogens with zero attached hydrogens (tertiary/aromatic N) is 1. The fourth-order valence-electron chi connectivity index (χ4n) is 4.00. The predicted molar refractivity (Wildman–Crippen MR) is 114 cm³/mol. The van der Waals surface area contributed by atoms with E-state index >= 15 is 0 Å². The van der Waals surface area contributed by atoms with Gasteiger partial charge >= 0.3 is 0 Å². The predicted octanol–water partition coefficient (Wildman–Crippen LogP) is 3.50.